The van der Waals surface area contributed by atoms with Crippen molar-refractivity contribution in [1.82, 2.24) is 4.98 Å². The number of halogens is 2. The van der Waals surface area contributed by atoms with Gasteiger partial charge in [-0.2, -0.15) is 0 Å². The van der Waals surface area contributed by atoms with E-state index in [-0.39, 0.29) is 5.82 Å². The molecular weight excluding hydrogens is 279 g/mol. The highest BCUT2D eigenvalue weighted by atomic mass is 79.9. The monoisotopic (exact) mass is 286 g/mol. The fourth-order valence-electron chi connectivity index (χ4n) is 1.17. The standard InChI is InChI=1S/C10H8BrFN2S/c1-13-10-14-5-9(15-10)6-2-3-7(11)8(12)4-6/h2-5H,1H3,(H,13,14). The average molecular weight is 287 g/mol. The minimum absolute atomic E-state index is 0.257. The third-order valence-electron chi connectivity index (χ3n) is 1.92. The first-order valence-corrected chi connectivity index (χ1v) is 5.90. The highest BCUT2D eigenvalue weighted by Crippen LogP contribution is 2.30. The van der Waals surface area contributed by atoms with Crippen LogP contribution in [0.5, 0.6) is 0 Å². The average Bonchev–Trinajstić information content (AvgIpc) is 2.70. The maximum atomic E-state index is 13.3. The number of anilines is 1. The number of nitrogens with one attached hydrogen (secondary N) is 1. The van der Waals surface area contributed by atoms with E-state index < -0.39 is 0 Å². The third-order valence-corrected chi connectivity index (χ3v) is 3.63. The molecule has 0 saturated carbocycles. The third kappa shape index (κ3) is 2.18. The molecule has 0 aliphatic heterocycles. The molecule has 5 heteroatoms. The number of aromatic nitrogens is 1. The molecule has 1 aromatic heterocycles. The SMILES string of the molecule is CNc1ncc(-c2ccc(Br)c(F)c2)s1. The van der Waals surface area contributed by atoms with Crippen LogP contribution in [0.2, 0.25) is 0 Å². The van der Waals surface area contributed by atoms with Crippen molar-refractivity contribution in [2.75, 3.05) is 12.4 Å². The van der Waals surface area contributed by atoms with Crippen molar-refractivity contribution >= 4 is 32.4 Å². The first kappa shape index (κ1) is 10.6. The van der Waals surface area contributed by atoms with E-state index in [2.05, 4.69) is 26.2 Å². The van der Waals surface area contributed by atoms with Gasteiger partial charge in [0.2, 0.25) is 0 Å². The first-order valence-electron chi connectivity index (χ1n) is 4.29. The molecule has 2 rings (SSSR count). The van der Waals surface area contributed by atoms with Crippen molar-refractivity contribution in [3.05, 3.63) is 34.7 Å². The lowest BCUT2D eigenvalue weighted by Gasteiger charge is -1.98. The topological polar surface area (TPSA) is 24.9 Å². The normalized spacial score (nSPS) is 10.3. The lowest BCUT2D eigenvalue weighted by atomic mass is 10.2. The minimum Gasteiger partial charge on any atom is -0.365 e. The Morgan fingerprint density at radius 2 is 2.27 bits per heavy atom. The summed E-state index contributed by atoms with van der Waals surface area (Å²) < 4.78 is 13.8. The molecular formula is C10H8BrFN2S. The molecule has 2 aromatic rings. The zero-order valence-electron chi connectivity index (χ0n) is 7.92. The summed E-state index contributed by atoms with van der Waals surface area (Å²) in [7, 11) is 1.81. The van der Waals surface area contributed by atoms with Crippen molar-refractivity contribution in [2.45, 2.75) is 0 Å². The van der Waals surface area contributed by atoms with E-state index in [1.54, 1.807) is 12.3 Å². The van der Waals surface area contributed by atoms with Crippen LogP contribution in [0, 0.1) is 5.82 Å². The molecule has 0 radical (unpaired) electrons. The second-order valence-electron chi connectivity index (χ2n) is 2.91. The second kappa shape index (κ2) is 4.28. The summed E-state index contributed by atoms with van der Waals surface area (Å²) in [5.74, 6) is -0.257. The lowest BCUT2D eigenvalue weighted by molar-refractivity contribution is 0.622. The molecule has 0 fully saturated rings. The molecule has 0 atom stereocenters. The number of benzene rings is 1. The summed E-state index contributed by atoms with van der Waals surface area (Å²) in [5.41, 5.74) is 0.842. The Morgan fingerprint density at radius 3 is 2.87 bits per heavy atom. The Hall–Kier alpha value is -0.940. The predicted molar refractivity (Wildman–Crippen MR) is 64.8 cm³/mol. The van der Waals surface area contributed by atoms with E-state index in [9.17, 15) is 4.39 Å². The van der Waals surface area contributed by atoms with Crippen molar-refractivity contribution < 1.29 is 4.39 Å². The summed E-state index contributed by atoms with van der Waals surface area (Å²) in [5, 5.41) is 3.77. The van der Waals surface area contributed by atoms with Crippen LogP contribution >= 0.6 is 27.3 Å². The van der Waals surface area contributed by atoms with Crippen molar-refractivity contribution in [2.24, 2.45) is 0 Å². The zero-order chi connectivity index (χ0) is 10.8. The van der Waals surface area contributed by atoms with Crippen molar-refractivity contribution in [3.63, 3.8) is 0 Å². The molecule has 1 heterocycles. The van der Waals surface area contributed by atoms with Gasteiger partial charge in [0, 0.05) is 13.2 Å². The van der Waals surface area contributed by atoms with Gasteiger partial charge in [0.15, 0.2) is 5.13 Å². The van der Waals surface area contributed by atoms with E-state index in [1.807, 2.05) is 13.1 Å². The van der Waals surface area contributed by atoms with Crippen LogP contribution in [0.25, 0.3) is 10.4 Å². The summed E-state index contributed by atoms with van der Waals surface area (Å²) >= 11 is 4.62. The highest BCUT2D eigenvalue weighted by Gasteiger charge is 2.06. The van der Waals surface area contributed by atoms with Crippen LogP contribution in [-0.4, -0.2) is 12.0 Å². The van der Waals surface area contributed by atoms with Gasteiger partial charge in [0.05, 0.1) is 9.35 Å². The van der Waals surface area contributed by atoms with Crippen molar-refractivity contribution in [1.29, 1.82) is 0 Å². The number of thiazole rings is 1. The van der Waals surface area contributed by atoms with Crippen LogP contribution in [-0.2, 0) is 0 Å². The Balaban J connectivity index is 2.40. The van der Waals surface area contributed by atoms with E-state index in [0.29, 0.717) is 4.47 Å². The van der Waals surface area contributed by atoms with Gasteiger partial charge in [-0.1, -0.05) is 17.4 Å². The number of hydrogen-bond acceptors (Lipinski definition) is 3. The van der Waals surface area contributed by atoms with Gasteiger partial charge in [0.25, 0.3) is 0 Å². The Bertz CT molecular complexity index is 484. The largest absolute Gasteiger partial charge is 0.365 e. The number of nitrogens with zero attached hydrogens (tertiary/aromatic N) is 1. The quantitative estimate of drug-likeness (QED) is 0.909. The first-order chi connectivity index (χ1) is 7.20. The molecule has 0 saturated heterocycles. The maximum absolute atomic E-state index is 13.3. The van der Waals surface area contributed by atoms with E-state index >= 15 is 0 Å². The molecule has 15 heavy (non-hydrogen) atoms. The Labute approximate surface area is 99.3 Å². The lowest BCUT2D eigenvalue weighted by Crippen LogP contribution is -1.83. The molecule has 0 unspecified atom stereocenters. The van der Waals surface area contributed by atoms with E-state index in [1.165, 1.54) is 17.4 Å². The maximum Gasteiger partial charge on any atom is 0.182 e. The van der Waals surface area contributed by atoms with Gasteiger partial charge in [-0.15, -0.1) is 0 Å². The zero-order valence-corrected chi connectivity index (χ0v) is 10.3. The summed E-state index contributed by atoms with van der Waals surface area (Å²) in [4.78, 5) is 5.09. The van der Waals surface area contributed by atoms with Gasteiger partial charge in [-0.25, -0.2) is 9.37 Å². The van der Waals surface area contributed by atoms with Gasteiger partial charge in [0.1, 0.15) is 5.82 Å². The molecule has 0 spiro atoms. The summed E-state index contributed by atoms with van der Waals surface area (Å²) in [6.45, 7) is 0. The Morgan fingerprint density at radius 1 is 1.47 bits per heavy atom. The molecule has 2 nitrogen and oxygen atoms in total. The van der Waals surface area contributed by atoms with E-state index in [4.69, 9.17) is 0 Å². The second-order valence-corrected chi connectivity index (χ2v) is 4.79. The van der Waals surface area contributed by atoms with Crippen LogP contribution in [0.1, 0.15) is 0 Å². The molecule has 1 N–H and O–H groups in total. The van der Waals surface area contributed by atoms with Crippen LogP contribution in [0.4, 0.5) is 9.52 Å². The Kier molecular flexibility index (Phi) is 3.02. The molecule has 0 aliphatic carbocycles. The van der Waals surface area contributed by atoms with Gasteiger partial charge in [-0.05, 0) is 33.6 Å². The fraction of sp³-hybridized carbons (Fsp3) is 0.100. The highest BCUT2D eigenvalue weighted by molar-refractivity contribution is 9.10. The predicted octanol–water partition coefficient (Wildman–Crippen LogP) is 3.75. The molecule has 0 amide bonds. The molecule has 0 aliphatic rings. The summed E-state index contributed by atoms with van der Waals surface area (Å²) in [6.07, 6.45) is 1.74. The summed E-state index contributed by atoms with van der Waals surface area (Å²) in [6, 6.07) is 5.06. The molecule has 1 aromatic carbocycles. The van der Waals surface area contributed by atoms with Gasteiger partial charge >= 0.3 is 0 Å². The minimum atomic E-state index is -0.257. The number of rotatable bonds is 2. The van der Waals surface area contributed by atoms with E-state index in [0.717, 1.165) is 15.6 Å². The van der Waals surface area contributed by atoms with Crippen LogP contribution in [0.3, 0.4) is 0 Å². The fourth-order valence-corrected chi connectivity index (χ4v) is 2.19. The number of hydrogen-bond donors (Lipinski definition) is 1. The van der Waals surface area contributed by atoms with Crippen molar-refractivity contribution in [3.8, 4) is 10.4 Å². The molecule has 0 bridgehead atoms. The van der Waals surface area contributed by atoms with Crippen LogP contribution in [0.15, 0.2) is 28.9 Å². The smallest absolute Gasteiger partial charge is 0.182 e. The van der Waals surface area contributed by atoms with Crippen LogP contribution < -0.4 is 5.32 Å². The van der Waals surface area contributed by atoms with Gasteiger partial charge in [-0.3, -0.25) is 0 Å². The van der Waals surface area contributed by atoms with Gasteiger partial charge < -0.3 is 5.32 Å². The molecule has 78 valence electrons.